The second-order valence-corrected chi connectivity index (χ2v) is 16.3. The van der Waals surface area contributed by atoms with Gasteiger partial charge < -0.3 is 56.0 Å². The van der Waals surface area contributed by atoms with E-state index < -0.39 is 98.0 Å². The second-order valence-electron chi connectivity index (χ2n) is 11.1. The summed E-state index contributed by atoms with van der Waals surface area (Å²) in [5, 5.41) is 41.9. The lowest BCUT2D eigenvalue weighted by atomic mass is 10.1. The first kappa shape index (κ1) is 37.6. The van der Waals surface area contributed by atoms with Gasteiger partial charge in [0.2, 0.25) is 0 Å². The minimum atomic E-state index is -5.13. The smallest absolute Gasteiger partial charge is 0.387 e. The molecule has 2 fully saturated rings. The first-order valence-electron chi connectivity index (χ1n) is 14.4. The molecule has 2 aliphatic rings. The van der Waals surface area contributed by atoms with Crippen molar-refractivity contribution in [3.05, 3.63) is 25.3 Å². The van der Waals surface area contributed by atoms with Crippen LogP contribution >= 0.6 is 23.0 Å². The van der Waals surface area contributed by atoms with Gasteiger partial charge in [0.05, 0.1) is 25.9 Å². The largest absolute Gasteiger partial charge is 0.472 e. The van der Waals surface area contributed by atoms with Gasteiger partial charge in [-0.3, -0.25) is 31.8 Å². The number of nitrogens with zero attached hydrogens (tertiary/aromatic N) is 8. The van der Waals surface area contributed by atoms with E-state index in [1.54, 1.807) is 0 Å². The number of imidazole rings is 2. The fraction of sp³-hybridized carbons (Fsp3) is 0.545. The lowest BCUT2D eigenvalue weighted by Gasteiger charge is -2.20. The van der Waals surface area contributed by atoms with Crippen molar-refractivity contribution in [3.63, 3.8) is 0 Å². The first-order chi connectivity index (χ1) is 24.0. The summed E-state index contributed by atoms with van der Waals surface area (Å²) in [6.45, 7) is -1.69. The summed E-state index contributed by atoms with van der Waals surface area (Å²) in [6.07, 6.45) is -9.92. The number of anilines is 2. The summed E-state index contributed by atoms with van der Waals surface area (Å²) in [6, 6.07) is 0. The molecule has 280 valence electrons. The molecule has 6 heterocycles. The molecular formula is C22H31N10O16P3. The predicted octanol–water partition coefficient (Wildman–Crippen LogP) is -2.48. The summed E-state index contributed by atoms with van der Waals surface area (Å²) in [5.74, 6) is 0.0884. The number of hydrogen-bond acceptors (Lipinski definition) is 21. The molecule has 2 unspecified atom stereocenters. The van der Waals surface area contributed by atoms with Crippen LogP contribution in [0, 0.1) is 0 Å². The Balaban J connectivity index is 0.965. The Bertz CT molecular complexity index is 1900. The Morgan fingerprint density at radius 1 is 0.627 bits per heavy atom. The minimum absolute atomic E-state index is 0.0442. The van der Waals surface area contributed by atoms with Crippen LogP contribution in [0.15, 0.2) is 25.3 Å². The number of phosphoric acid groups is 2. The highest BCUT2D eigenvalue weighted by atomic mass is 31.2. The Hall–Kier alpha value is -3.13. The van der Waals surface area contributed by atoms with Crippen molar-refractivity contribution in [1.29, 1.82) is 0 Å². The fourth-order valence-electron chi connectivity index (χ4n) is 5.08. The molecule has 0 spiro atoms. The molecule has 11 N–H and O–H groups in total. The van der Waals surface area contributed by atoms with Crippen molar-refractivity contribution in [2.75, 3.05) is 37.4 Å². The zero-order valence-corrected chi connectivity index (χ0v) is 28.3. The molecule has 0 aliphatic carbocycles. The summed E-state index contributed by atoms with van der Waals surface area (Å²) in [7, 11) is -15.0. The summed E-state index contributed by atoms with van der Waals surface area (Å²) in [5.41, 5.74) is 12.2. The molecule has 4 aromatic heterocycles. The molecule has 51 heavy (non-hydrogen) atoms. The van der Waals surface area contributed by atoms with Crippen LogP contribution in [0.1, 0.15) is 12.5 Å². The van der Waals surface area contributed by atoms with Gasteiger partial charge in [-0.15, -0.1) is 0 Å². The topological polar surface area (TPSA) is 387 Å². The van der Waals surface area contributed by atoms with E-state index >= 15 is 0 Å². The van der Waals surface area contributed by atoms with Crippen LogP contribution in [0.5, 0.6) is 0 Å². The number of rotatable bonds is 14. The van der Waals surface area contributed by atoms with Crippen LogP contribution in [0.2, 0.25) is 0 Å². The molecular weight excluding hydrogens is 753 g/mol. The second kappa shape index (κ2) is 14.4. The number of aliphatic hydroxyl groups excluding tert-OH is 4. The highest BCUT2D eigenvalue weighted by Crippen LogP contribution is 2.54. The number of nitrogen functional groups attached to an aromatic ring is 2. The molecule has 0 bridgehead atoms. The summed E-state index contributed by atoms with van der Waals surface area (Å²) in [4.78, 5) is 53.9. The molecule has 10 atom stereocenters. The molecule has 0 radical (unpaired) electrons. The van der Waals surface area contributed by atoms with Crippen molar-refractivity contribution in [2.45, 2.75) is 49.1 Å². The van der Waals surface area contributed by atoms with E-state index in [1.807, 2.05) is 0 Å². The number of aliphatic hydroxyl groups is 4. The zero-order valence-electron chi connectivity index (χ0n) is 25.6. The molecule has 6 rings (SSSR count). The maximum Gasteiger partial charge on any atom is 0.472 e. The molecule has 2 aliphatic heterocycles. The molecule has 0 amide bonds. The molecule has 0 saturated carbocycles. The van der Waals surface area contributed by atoms with E-state index in [1.165, 1.54) is 21.8 Å². The quantitative estimate of drug-likeness (QED) is 0.0598. The Kier molecular flexibility index (Phi) is 10.6. The van der Waals surface area contributed by atoms with Crippen LogP contribution in [-0.4, -0.2) is 137 Å². The van der Waals surface area contributed by atoms with Crippen LogP contribution in [0.3, 0.4) is 0 Å². The maximum absolute atomic E-state index is 12.5. The number of aromatic nitrogens is 8. The number of ether oxygens (including phenoxy) is 2. The summed E-state index contributed by atoms with van der Waals surface area (Å²) >= 11 is 0. The molecule has 29 heteroatoms. The van der Waals surface area contributed by atoms with E-state index in [9.17, 15) is 48.8 Å². The van der Waals surface area contributed by atoms with Crippen molar-refractivity contribution in [2.24, 2.45) is 0 Å². The highest BCUT2D eigenvalue weighted by molar-refractivity contribution is 7.59. The Labute approximate surface area is 284 Å². The van der Waals surface area contributed by atoms with Gasteiger partial charge >= 0.3 is 15.6 Å². The highest BCUT2D eigenvalue weighted by Gasteiger charge is 2.47. The van der Waals surface area contributed by atoms with Gasteiger partial charge in [0.15, 0.2) is 35.4 Å². The third-order valence-corrected chi connectivity index (χ3v) is 11.0. The van der Waals surface area contributed by atoms with E-state index in [4.69, 9.17) is 30.0 Å². The lowest BCUT2D eigenvalue weighted by Crippen LogP contribution is -2.33. The third kappa shape index (κ3) is 7.96. The van der Waals surface area contributed by atoms with Gasteiger partial charge in [-0.25, -0.2) is 39.0 Å². The molecule has 4 aromatic rings. The number of phosphoric ester groups is 2. The SMILES string of the molecule is Nc1ncnc2c1ncn2[C@@H]1O[C@H](COP(=O)(O)OCP(=O)(O)COP(=O)(O)OC[C@H]2O[C@@H](n3cnc4c(N)ncnc43)[C@H](O)[C@@H]2O)[C@@H](O)[C@H]1O. The van der Waals surface area contributed by atoms with E-state index in [2.05, 4.69) is 39.0 Å². The predicted molar refractivity (Wildman–Crippen MR) is 165 cm³/mol. The van der Waals surface area contributed by atoms with Crippen LogP contribution in [0.4, 0.5) is 11.6 Å². The first-order valence-corrected chi connectivity index (χ1v) is 19.4. The molecule has 26 nitrogen and oxygen atoms in total. The maximum atomic E-state index is 12.5. The van der Waals surface area contributed by atoms with E-state index in [0.717, 1.165) is 12.7 Å². The van der Waals surface area contributed by atoms with Crippen molar-refractivity contribution in [3.8, 4) is 0 Å². The van der Waals surface area contributed by atoms with Gasteiger partial charge in [-0.05, 0) is 0 Å². The normalized spacial score (nSPS) is 30.4. The summed E-state index contributed by atoms with van der Waals surface area (Å²) < 4.78 is 69.6. The van der Waals surface area contributed by atoms with Gasteiger partial charge in [0, 0.05) is 0 Å². The van der Waals surface area contributed by atoms with Crippen LogP contribution in [0.25, 0.3) is 22.3 Å². The molecule has 2 saturated heterocycles. The van der Waals surface area contributed by atoms with E-state index in [-0.39, 0.29) is 34.0 Å². The van der Waals surface area contributed by atoms with Crippen molar-refractivity contribution in [1.82, 2.24) is 39.0 Å². The average molecular weight is 784 g/mol. The fourth-order valence-corrected chi connectivity index (χ4v) is 8.58. The average Bonchev–Trinajstić information content (AvgIpc) is 3.84. The number of nitrogens with two attached hydrogens (primary N) is 2. The van der Waals surface area contributed by atoms with Gasteiger partial charge in [-0.2, -0.15) is 0 Å². The van der Waals surface area contributed by atoms with Crippen molar-refractivity contribution < 1.29 is 76.4 Å². The number of fused-ring (bicyclic) bond motifs is 2. The zero-order chi connectivity index (χ0) is 36.9. The molecule has 0 aromatic carbocycles. The van der Waals surface area contributed by atoms with Crippen molar-refractivity contribution >= 4 is 57.0 Å². The Morgan fingerprint density at radius 2 is 1.02 bits per heavy atom. The monoisotopic (exact) mass is 784 g/mol. The minimum Gasteiger partial charge on any atom is -0.387 e. The number of hydrogen-bond donors (Lipinski definition) is 9. The van der Waals surface area contributed by atoms with Crippen LogP contribution < -0.4 is 11.5 Å². The van der Waals surface area contributed by atoms with Crippen LogP contribution in [-0.2, 0) is 41.3 Å². The van der Waals surface area contributed by atoms with Gasteiger partial charge in [-0.1, -0.05) is 0 Å². The lowest BCUT2D eigenvalue weighted by molar-refractivity contribution is -0.0512. The van der Waals surface area contributed by atoms with Gasteiger partial charge in [0.1, 0.15) is 73.0 Å². The van der Waals surface area contributed by atoms with Gasteiger partial charge in [0.25, 0.3) is 7.37 Å². The van der Waals surface area contributed by atoms with E-state index in [0.29, 0.717) is 0 Å². The Morgan fingerprint density at radius 3 is 1.41 bits per heavy atom. The third-order valence-electron chi connectivity index (χ3n) is 7.65. The standard InChI is InChI=1S/C22H31N10O16P3/c23-17-11-19(27-3-25-17)31(5-29-11)21-15(35)13(33)9(47-21)1-43-50(39,40)45-7-49(37,38)8-46-51(41,42)44-2-10-14(34)16(36)22(48-10)32-6-30-12-18(24)26-4-28-20(12)32/h3-6,9-10,13-16,21-22,33-36H,1-2,7-8H2,(H,37,38)(H,39,40)(H,41,42)(H2,23,25,27)(H2,24,26,28)/t9-,10-,13-,14-,15-,16-,21-,22-/m1/s1.